The minimum atomic E-state index is -1.07. The van der Waals surface area contributed by atoms with Gasteiger partial charge >= 0.3 is 0 Å². The highest BCUT2D eigenvalue weighted by Gasteiger charge is 2.37. The number of carbonyl (C=O) groups excluding carboxylic acids is 3. The van der Waals surface area contributed by atoms with Crippen molar-refractivity contribution < 1.29 is 32.3 Å². The summed E-state index contributed by atoms with van der Waals surface area (Å²) in [6, 6.07) is 1.58. The average molecular weight is 411 g/mol. The fourth-order valence-corrected chi connectivity index (χ4v) is 2.91. The normalized spacial score (nSPS) is 14.0. The van der Waals surface area contributed by atoms with Gasteiger partial charge in [0.2, 0.25) is 11.6 Å². The van der Waals surface area contributed by atoms with Crippen LogP contribution in [0.2, 0.25) is 0 Å². The fraction of sp³-hybridized carbons (Fsp3) is 0.118. The number of fused-ring (bicyclic) bond motifs is 1. The van der Waals surface area contributed by atoms with Crippen molar-refractivity contribution in [3.63, 3.8) is 0 Å². The number of ether oxygens (including phenoxy) is 1. The maximum absolute atomic E-state index is 13.8. The van der Waals surface area contributed by atoms with Crippen LogP contribution in [0, 0.1) is 11.6 Å². The number of Topliss-reactive ketones (excluding diaryl/α,β-unsaturated/α-hetero) is 2. The van der Waals surface area contributed by atoms with Crippen LogP contribution in [0.3, 0.4) is 0 Å². The molecular formula is C17H9BrF2O5. The van der Waals surface area contributed by atoms with Gasteiger partial charge in [-0.1, -0.05) is 0 Å². The number of carbonyl (C=O) groups is 3. The van der Waals surface area contributed by atoms with E-state index in [1.165, 1.54) is 6.92 Å². The Kier molecular flexibility index (Phi) is 4.16. The van der Waals surface area contributed by atoms with Gasteiger partial charge < -0.3 is 9.15 Å². The third-order valence-corrected chi connectivity index (χ3v) is 4.76. The van der Waals surface area contributed by atoms with Crippen molar-refractivity contribution in [1.29, 1.82) is 0 Å². The summed E-state index contributed by atoms with van der Waals surface area (Å²) in [4.78, 5) is 36.8. The first kappa shape index (κ1) is 17.2. The topological polar surface area (TPSA) is 73.6 Å². The number of benzene rings is 1. The molecule has 0 unspecified atom stereocenters. The highest BCUT2D eigenvalue weighted by Crippen LogP contribution is 2.36. The van der Waals surface area contributed by atoms with E-state index < -0.39 is 34.7 Å². The van der Waals surface area contributed by atoms with Crippen molar-refractivity contribution in [3.8, 4) is 5.75 Å². The van der Waals surface area contributed by atoms with Crippen LogP contribution < -0.4 is 4.74 Å². The minimum Gasteiger partial charge on any atom is -0.491 e. The Hall–Kier alpha value is -2.61. The SMILES string of the molecule is COc1c(F)cc(C(=O)c2coc3c2C(=O)C(=O)C(Br)=C3C)cc1F. The third-order valence-electron chi connectivity index (χ3n) is 3.80. The summed E-state index contributed by atoms with van der Waals surface area (Å²) < 4.78 is 37.5. The predicted octanol–water partition coefficient (Wildman–Crippen LogP) is 3.69. The Labute approximate surface area is 148 Å². The van der Waals surface area contributed by atoms with E-state index in [2.05, 4.69) is 20.7 Å². The van der Waals surface area contributed by atoms with Gasteiger partial charge in [-0.3, -0.25) is 14.4 Å². The van der Waals surface area contributed by atoms with Gasteiger partial charge in [0.25, 0.3) is 0 Å². The summed E-state index contributed by atoms with van der Waals surface area (Å²) in [5.74, 6) is -5.30. The molecule has 0 aliphatic heterocycles. The number of furan rings is 1. The largest absolute Gasteiger partial charge is 0.491 e. The maximum Gasteiger partial charge on any atom is 0.241 e. The van der Waals surface area contributed by atoms with Crippen molar-refractivity contribution in [2.24, 2.45) is 0 Å². The number of rotatable bonds is 3. The molecule has 0 bridgehead atoms. The lowest BCUT2D eigenvalue weighted by atomic mass is 9.91. The summed E-state index contributed by atoms with van der Waals surface area (Å²) in [6.07, 6.45) is 0.993. The van der Waals surface area contributed by atoms with Crippen molar-refractivity contribution in [2.75, 3.05) is 7.11 Å². The zero-order chi connectivity index (χ0) is 18.5. The Morgan fingerprint density at radius 2 is 1.76 bits per heavy atom. The molecule has 25 heavy (non-hydrogen) atoms. The van der Waals surface area contributed by atoms with Crippen LogP contribution in [0.4, 0.5) is 8.78 Å². The minimum absolute atomic E-state index is 0.0416. The number of hydrogen-bond acceptors (Lipinski definition) is 5. The van der Waals surface area contributed by atoms with E-state index >= 15 is 0 Å². The second kappa shape index (κ2) is 6.03. The van der Waals surface area contributed by atoms with Crippen LogP contribution in [0.1, 0.15) is 39.0 Å². The van der Waals surface area contributed by atoms with Gasteiger partial charge in [-0.2, -0.15) is 0 Å². The smallest absolute Gasteiger partial charge is 0.241 e. The van der Waals surface area contributed by atoms with Crippen LogP contribution >= 0.6 is 15.9 Å². The molecule has 5 nitrogen and oxygen atoms in total. The van der Waals surface area contributed by atoms with Crippen LogP contribution in [-0.4, -0.2) is 24.5 Å². The molecule has 1 heterocycles. The molecule has 0 saturated heterocycles. The summed E-state index contributed by atoms with van der Waals surface area (Å²) in [6.45, 7) is 1.54. The van der Waals surface area contributed by atoms with Crippen LogP contribution in [0.25, 0.3) is 5.57 Å². The Morgan fingerprint density at radius 1 is 1.16 bits per heavy atom. The molecule has 0 fully saturated rings. The van der Waals surface area contributed by atoms with Gasteiger partial charge in [-0.15, -0.1) is 0 Å². The first-order chi connectivity index (χ1) is 11.8. The van der Waals surface area contributed by atoms with Crippen LogP contribution in [0.5, 0.6) is 5.75 Å². The molecule has 2 aromatic rings. The van der Waals surface area contributed by atoms with E-state index in [4.69, 9.17) is 4.42 Å². The van der Waals surface area contributed by atoms with E-state index in [1.54, 1.807) is 0 Å². The molecule has 3 rings (SSSR count). The highest BCUT2D eigenvalue weighted by molar-refractivity contribution is 9.12. The Balaban J connectivity index is 2.15. The second-order valence-corrected chi connectivity index (χ2v) is 6.05. The molecule has 1 aromatic carbocycles. The molecule has 8 heteroatoms. The van der Waals surface area contributed by atoms with E-state index in [0.29, 0.717) is 5.57 Å². The molecule has 1 aromatic heterocycles. The summed E-state index contributed by atoms with van der Waals surface area (Å²) in [7, 11) is 1.09. The van der Waals surface area contributed by atoms with Gasteiger partial charge in [-0.25, -0.2) is 8.78 Å². The van der Waals surface area contributed by atoms with Crippen molar-refractivity contribution >= 4 is 38.9 Å². The fourth-order valence-electron chi connectivity index (χ4n) is 2.55. The van der Waals surface area contributed by atoms with Crippen molar-refractivity contribution in [3.05, 3.63) is 57.0 Å². The lowest BCUT2D eigenvalue weighted by molar-refractivity contribution is -0.111. The van der Waals surface area contributed by atoms with E-state index in [1.807, 2.05) is 0 Å². The standard InChI is InChI=1S/C17H9BrF2O5/c1-6-12(18)15(23)14(22)11-8(5-25-16(6)11)13(21)7-3-9(19)17(24-2)10(20)4-7/h3-5H,1-2H3. The zero-order valence-electron chi connectivity index (χ0n) is 12.9. The Bertz CT molecular complexity index is 964. The van der Waals surface area contributed by atoms with Gasteiger partial charge in [-0.05, 0) is 35.0 Å². The molecule has 1 aliphatic rings. The van der Waals surface area contributed by atoms with Gasteiger partial charge in [0.1, 0.15) is 12.0 Å². The molecule has 0 amide bonds. The number of methoxy groups -OCH3 is 1. The first-order valence-electron chi connectivity index (χ1n) is 6.92. The number of ketones is 3. The molecule has 0 atom stereocenters. The number of allylic oxidation sites excluding steroid dienone is 2. The molecule has 0 saturated carbocycles. The van der Waals surface area contributed by atoms with Crippen LogP contribution in [-0.2, 0) is 4.79 Å². The molecule has 128 valence electrons. The van der Waals surface area contributed by atoms with E-state index in [-0.39, 0.29) is 26.9 Å². The second-order valence-electron chi connectivity index (χ2n) is 5.25. The molecular weight excluding hydrogens is 402 g/mol. The van der Waals surface area contributed by atoms with Crippen molar-refractivity contribution in [2.45, 2.75) is 6.92 Å². The molecule has 0 N–H and O–H groups in total. The molecule has 0 radical (unpaired) electrons. The average Bonchev–Trinajstić information content (AvgIpc) is 3.02. The number of halogens is 3. The summed E-state index contributed by atoms with van der Waals surface area (Å²) in [5, 5.41) is 0. The van der Waals surface area contributed by atoms with Crippen LogP contribution in [0.15, 0.2) is 27.3 Å². The molecule has 0 spiro atoms. The quantitative estimate of drug-likeness (QED) is 0.569. The molecule has 1 aliphatic carbocycles. The lowest BCUT2D eigenvalue weighted by Gasteiger charge is -2.12. The lowest BCUT2D eigenvalue weighted by Crippen LogP contribution is -2.22. The maximum atomic E-state index is 13.8. The monoisotopic (exact) mass is 410 g/mol. The van der Waals surface area contributed by atoms with Gasteiger partial charge in [0.15, 0.2) is 23.2 Å². The summed E-state index contributed by atoms with van der Waals surface area (Å²) in [5.41, 5.74) is -0.444. The first-order valence-corrected chi connectivity index (χ1v) is 7.72. The van der Waals surface area contributed by atoms with Gasteiger partial charge in [0.05, 0.1) is 22.7 Å². The zero-order valence-corrected chi connectivity index (χ0v) is 14.5. The van der Waals surface area contributed by atoms with E-state index in [9.17, 15) is 23.2 Å². The highest BCUT2D eigenvalue weighted by atomic mass is 79.9. The van der Waals surface area contributed by atoms with E-state index in [0.717, 1.165) is 25.5 Å². The van der Waals surface area contributed by atoms with Gasteiger partial charge in [0, 0.05) is 11.1 Å². The number of hydrogen-bond donors (Lipinski definition) is 0. The van der Waals surface area contributed by atoms with Crippen molar-refractivity contribution in [1.82, 2.24) is 0 Å². The third kappa shape index (κ3) is 2.53. The summed E-state index contributed by atoms with van der Waals surface area (Å²) >= 11 is 3.01. The predicted molar refractivity (Wildman–Crippen MR) is 85.9 cm³/mol. The Morgan fingerprint density at radius 3 is 2.32 bits per heavy atom.